The summed E-state index contributed by atoms with van der Waals surface area (Å²) in [4.78, 5) is 14.9. The number of piperidine rings is 2. The number of hydrogen-bond donors (Lipinski definition) is 1. The molecule has 2 bridgehead atoms. The van der Waals surface area contributed by atoms with Gasteiger partial charge in [0, 0.05) is 28.2 Å². The Labute approximate surface area is 139 Å². The highest BCUT2D eigenvalue weighted by molar-refractivity contribution is 9.10. The Bertz CT molecular complexity index is 537. The largest absolute Gasteiger partial charge is 0.349 e. The number of carbonyl (C=O) groups is 1. The van der Waals surface area contributed by atoms with Crippen molar-refractivity contribution in [1.29, 1.82) is 0 Å². The Hall–Kier alpha value is -0.580. The number of benzene rings is 1. The van der Waals surface area contributed by atoms with Crippen LogP contribution in [-0.4, -0.2) is 36.0 Å². The Morgan fingerprint density at radius 2 is 2.00 bits per heavy atom. The molecule has 1 aromatic carbocycles. The first-order valence-electron chi connectivity index (χ1n) is 7.52. The van der Waals surface area contributed by atoms with E-state index in [0.717, 1.165) is 17.3 Å². The Morgan fingerprint density at radius 1 is 1.33 bits per heavy atom. The zero-order chi connectivity index (χ0) is 15.0. The van der Waals surface area contributed by atoms with Crippen molar-refractivity contribution in [1.82, 2.24) is 10.2 Å². The maximum atomic E-state index is 12.4. The monoisotopic (exact) mass is 370 g/mol. The van der Waals surface area contributed by atoms with E-state index < -0.39 is 0 Å². The van der Waals surface area contributed by atoms with Crippen molar-refractivity contribution in [3.63, 3.8) is 0 Å². The summed E-state index contributed by atoms with van der Waals surface area (Å²) >= 11 is 9.34. The molecule has 2 fully saturated rings. The number of rotatable bonds is 2. The van der Waals surface area contributed by atoms with Crippen molar-refractivity contribution in [3.05, 3.63) is 33.3 Å². The summed E-state index contributed by atoms with van der Waals surface area (Å²) < 4.78 is 0.761. The molecule has 2 aliphatic rings. The number of carbonyl (C=O) groups excluding carboxylic acids is 1. The van der Waals surface area contributed by atoms with Gasteiger partial charge in [-0.05, 0) is 66.9 Å². The summed E-state index contributed by atoms with van der Waals surface area (Å²) in [5.41, 5.74) is 0.662. The van der Waals surface area contributed by atoms with E-state index in [1.165, 1.54) is 19.3 Å². The zero-order valence-electron chi connectivity index (χ0n) is 12.1. The molecule has 2 aliphatic heterocycles. The second-order valence-corrected chi connectivity index (χ2v) is 7.44. The lowest BCUT2D eigenvalue weighted by Gasteiger charge is -2.47. The third-order valence-electron chi connectivity index (χ3n) is 4.86. The van der Waals surface area contributed by atoms with E-state index in [0.29, 0.717) is 28.7 Å². The number of amides is 1. The molecule has 3 rings (SSSR count). The van der Waals surface area contributed by atoms with Gasteiger partial charge in [0.2, 0.25) is 0 Å². The predicted molar refractivity (Wildman–Crippen MR) is 88.8 cm³/mol. The van der Waals surface area contributed by atoms with Crippen molar-refractivity contribution in [2.24, 2.45) is 0 Å². The molecule has 21 heavy (non-hydrogen) atoms. The fraction of sp³-hybridized carbons (Fsp3) is 0.562. The normalized spacial score (nSPS) is 29.2. The van der Waals surface area contributed by atoms with Gasteiger partial charge in [-0.15, -0.1) is 0 Å². The minimum atomic E-state index is -0.00000630. The minimum Gasteiger partial charge on any atom is -0.349 e. The van der Waals surface area contributed by atoms with E-state index >= 15 is 0 Å². The predicted octanol–water partition coefficient (Wildman–Crippen LogP) is 3.85. The van der Waals surface area contributed by atoms with Crippen molar-refractivity contribution in [2.45, 2.75) is 50.2 Å². The van der Waals surface area contributed by atoms with E-state index in [4.69, 9.17) is 11.6 Å². The molecule has 5 heteroatoms. The Morgan fingerprint density at radius 3 is 2.62 bits per heavy atom. The first-order valence-corrected chi connectivity index (χ1v) is 8.69. The summed E-state index contributed by atoms with van der Waals surface area (Å²) in [5, 5.41) is 3.83. The van der Waals surface area contributed by atoms with Gasteiger partial charge in [-0.1, -0.05) is 18.0 Å². The summed E-state index contributed by atoms with van der Waals surface area (Å²) in [6.45, 7) is 0. The van der Waals surface area contributed by atoms with Crippen molar-refractivity contribution >= 4 is 33.4 Å². The fourth-order valence-corrected chi connectivity index (χ4v) is 4.14. The number of fused-ring (bicyclic) bond motifs is 2. The highest BCUT2D eigenvalue weighted by atomic mass is 79.9. The molecule has 1 amide bonds. The van der Waals surface area contributed by atoms with E-state index in [9.17, 15) is 4.79 Å². The Balaban J connectivity index is 1.66. The molecule has 2 unspecified atom stereocenters. The van der Waals surface area contributed by atoms with Crippen LogP contribution in [0, 0.1) is 0 Å². The van der Waals surface area contributed by atoms with Crippen molar-refractivity contribution < 1.29 is 4.79 Å². The second kappa shape index (κ2) is 6.27. The molecule has 0 radical (unpaired) electrons. The van der Waals surface area contributed by atoms with Crippen LogP contribution in [0.3, 0.4) is 0 Å². The van der Waals surface area contributed by atoms with Crippen LogP contribution in [0.15, 0.2) is 22.7 Å². The number of nitrogens with one attached hydrogen (secondary N) is 1. The molecule has 0 spiro atoms. The molecule has 0 aromatic heterocycles. The minimum absolute atomic E-state index is 0.00000630. The van der Waals surface area contributed by atoms with Crippen molar-refractivity contribution in [2.75, 3.05) is 7.05 Å². The van der Waals surface area contributed by atoms with E-state index in [-0.39, 0.29) is 5.91 Å². The molecular weight excluding hydrogens is 352 g/mol. The third-order valence-corrected chi connectivity index (χ3v) is 6.07. The second-order valence-electron chi connectivity index (χ2n) is 6.17. The number of halogens is 2. The lowest BCUT2D eigenvalue weighted by atomic mass is 9.82. The maximum Gasteiger partial charge on any atom is 0.251 e. The molecule has 2 atom stereocenters. The lowest BCUT2D eigenvalue weighted by Crippen LogP contribution is -2.55. The molecule has 0 aliphatic carbocycles. The van der Waals surface area contributed by atoms with E-state index in [1.54, 1.807) is 18.2 Å². The highest BCUT2D eigenvalue weighted by Gasteiger charge is 2.36. The summed E-state index contributed by atoms with van der Waals surface area (Å²) in [6.07, 6.45) is 5.96. The van der Waals surface area contributed by atoms with Crippen LogP contribution in [-0.2, 0) is 0 Å². The number of hydrogen-bond acceptors (Lipinski definition) is 2. The summed E-state index contributed by atoms with van der Waals surface area (Å²) in [6, 6.07) is 6.85. The van der Waals surface area contributed by atoms with E-state index in [1.807, 2.05) is 0 Å². The van der Waals surface area contributed by atoms with Gasteiger partial charge in [0.25, 0.3) is 5.91 Å². The first-order chi connectivity index (χ1) is 10.0. The zero-order valence-corrected chi connectivity index (χ0v) is 14.5. The van der Waals surface area contributed by atoms with Crippen LogP contribution < -0.4 is 5.32 Å². The van der Waals surface area contributed by atoms with Crippen LogP contribution in [0.4, 0.5) is 0 Å². The molecule has 0 saturated carbocycles. The standard InChI is InChI=1S/C16H20BrClN2O/c1-20-12-3-2-4-13(20)9-11(8-12)19-16(21)10-5-6-15(18)14(17)7-10/h5-7,11-13H,2-4,8-9H2,1H3,(H,19,21). The van der Waals surface area contributed by atoms with Gasteiger partial charge in [-0.2, -0.15) is 0 Å². The van der Waals surface area contributed by atoms with Crippen LogP contribution in [0.1, 0.15) is 42.5 Å². The first kappa shape index (κ1) is 15.3. The quantitative estimate of drug-likeness (QED) is 0.856. The SMILES string of the molecule is CN1C2CCCC1CC(NC(=O)c1ccc(Cl)c(Br)c1)C2. The average molecular weight is 372 g/mol. The molecule has 1 aromatic rings. The van der Waals surface area contributed by atoms with Gasteiger partial charge >= 0.3 is 0 Å². The molecular formula is C16H20BrClN2O. The third kappa shape index (κ3) is 3.27. The van der Waals surface area contributed by atoms with Gasteiger partial charge in [0.05, 0.1) is 5.02 Å². The van der Waals surface area contributed by atoms with Crippen LogP contribution >= 0.6 is 27.5 Å². The summed E-state index contributed by atoms with van der Waals surface area (Å²) in [5.74, 6) is -0.00000630. The van der Waals surface area contributed by atoms with Gasteiger partial charge in [0.1, 0.15) is 0 Å². The average Bonchev–Trinajstić information content (AvgIpc) is 2.43. The van der Waals surface area contributed by atoms with E-state index in [2.05, 4.69) is 33.2 Å². The molecule has 114 valence electrons. The maximum absolute atomic E-state index is 12.4. The fourth-order valence-electron chi connectivity index (χ4n) is 3.64. The topological polar surface area (TPSA) is 32.3 Å². The van der Waals surface area contributed by atoms with Crippen LogP contribution in [0.5, 0.6) is 0 Å². The highest BCUT2D eigenvalue weighted by Crippen LogP contribution is 2.32. The smallest absolute Gasteiger partial charge is 0.251 e. The van der Waals surface area contributed by atoms with Crippen LogP contribution in [0.2, 0.25) is 5.02 Å². The molecule has 1 N–H and O–H groups in total. The lowest BCUT2D eigenvalue weighted by molar-refractivity contribution is 0.0463. The molecule has 2 heterocycles. The van der Waals surface area contributed by atoms with Gasteiger partial charge in [-0.25, -0.2) is 0 Å². The number of nitrogens with zero attached hydrogens (tertiary/aromatic N) is 1. The van der Waals surface area contributed by atoms with Gasteiger partial charge < -0.3 is 10.2 Å². The van der Waals surface area contributed by atoms with Crippen LogP contribution in [0.25, 0.3) is 0 Å². The molecule has 2 saturated heterocycles. The Kier molecular flexibility index (Phi) is 4.57. The van der Waals surface area contributed by atoms with Crippen molar-refractivity contribution in [3.8, 4) is 0 Å². The summed E-state index contributed by atoms with van der Waals surface area (Å²) in [7, 11) is 2.23. The molecule has 3 nitrogen and oxygen atoms in total. The van der Waals surface area contributed by atoms with Gasteiger partial charge in [0.15, 0.2) is 0 Å². The van der Waals surface area contributed by atoms with Gasteiger partial charge in [-0.3, -0.25) is 4.79 Å².